The summed E-state index contributed by atoms with van der Waals surface area (Å²) in [6.07, 6.45) is 1.60. The molecule has 0 radical (unpaired) electrons. The first-order chi connectivity index (χ1) is 7.58. The van der Waals surface area contributed by atoms with Crippen molar-refractivity contribution in [1.29, 1.82) is 0 Å². The standard InChI is InChI=1S/C11H20O4P/c1-5-13-11(4,14-6-2)9-8-10-16(12)15-7-3/h9-10H,5-7H2,1-4H3/q+1. The number of hydrogen-bond acceptors (Lipinski definition) is 4. The van der Waals surface area contributed by atoms with Crippen molar-refractivity contribution >= 4 is 8.03 Å². The predicted octanol–water partition coefficient (Wildman–Crippen LogP) is 3.22. The van der Waals surface area contributed by atoms with Gasteiger partial charge in [0.2, 0.25) is 5.82 Å². The van der Waals surface area contributed by atoms with Crippen LogP contribution in [0.5, 0.6) is 0 Å². The molecular weight excluding hydrogens is 227 g/mol. The summed E-state index contributed by atoms with van der Waals surface area (Å²) in [5.41, 5.74) is 2.77. The van der Waals surface area contributed by atoms with E-state index in [4.69, 9.17) is 14.0 Å². The maximum Gasteiger partial charge on any atom is 0.549 e. The highest BCUT2D eigenvalue weighted by molar-refractivity contribution is 7.42. The summed E-state index contributed by atoms with van der Waals surface area (Å²) in [5, 5.41) is 0. The summed E-state index contributed by atoms with van der Waals surface area (Å²) in [5.74, 6) is 0.553. The first kappa shape index (κ1) is 15.5. The van der Waals surface area contributed by atoms with Gasteiger partial charge in [-0.25, -0.2) is 0 Å². The van der Waals surface area contributed by atoms with Gasteiger partial charge in [-0.3, -0.25) is 0 Å². The first-order valence-electron chi connectivity index (χ1n) is 5.38. The van der Waals surface area contributed by atoms with Gasteiger partial charge in [0, 0.05) is 19.3 Å². The molecule has 0 rings (SSSR count). The summed E-state index contributed by atoms with van der Waals surface area (Å²) in [7, 11) is -1.78. The van der Waals surface area contributed by atoms with Crippen molar-refractivity contribution in [3.8, 4) is 0 Å². The van der Waals surface area contributed by atoms with Crippen molar-refractivity contribution < 1.29 is 18.6 Å². The van der Waals surface area contributed by atoms with Crippen molar-refractivity contribution in [1.82, 2.24) is 0 Å². The van der Waals surface area contributed by atoms with E-state index in [-0.39, 0.29) is 0 Å². The molecule has 0 aliphatic carbocycles. The average molecular weight is 247 g/mol. The maximum absolute atomic E-state index is 11.2. The summed E-state index contributed by atoms with van der Waals surface area (Å²) < 4.78 is 26.8. The minimum atomic E-state index is -1.78. The molecule has 0 aliphatic heterocycles. The molecule has 5 heteroatoms. The molecule has 0 saturated carbocycles. The van der Waals surface area contributed by atoms with Gasteiger partial charge >= 0.3 is 8.03 Å². The molecule has 1 atom stereocenters. The van der Waals surface area contributed by atoms with Crippen molar-refractivity contribution in [2.24, 2.45) is 0 Å². The monoisotopic (exact) mass is 247 g/mol. The van der Waals surface area contributed by atoms with Crippen LogP contribution in [0, 0.1) is 0 Å². The van der Waals surface area contributed by atoms with Crippen LogP contribution in [0.15, 0.2) is 17.6 Å². The molecule has 4 nitrogen and oxygen atoms in total. The molecule has 0 aromatic rings. The van der Waals surface area contributed by atoms with E-state index in [1.165, 1.54) is 5.82 Å². The average Bonchev–Trinajstić information content (AvgIpc) is 2.18. The third-order valence-corrected chi connectivity index (χ3v) is 2.52. The third-order valence-electron chi connectivity index (χ3n) is 1.64. The van der Waals surface area contributed by atoms with Gasteiger partial charge in [0.1, 0.15) is 6.61 Å². The summed E-state index contributed by atoms with van der Waals surface area (Å²) >= 11 is 0. The fourth-order valence-electron chi connectivity index (χ4n) is 1.11. The second-order valence-electron chi connectivity index (χ2n) is 3.03. The Morgan fingerprint density at radius 3 is 2.19 bits per heavy atom. The molecular formula is C11H20O4P+. The van der Waals surface area contributed by atoms with Crippen LogP contribution in [0.2, 0.25) is 0 Å². The Hall–Kier alpha value is -0.500. The van der Waals surface area contributed by atoms with Crippen LogP contribution < -0.4 is 0 Å². The van der Waals surface area contributed by atoms with Crippen LogP contribution >= 0.6 is 8.03 Å². The number of rotatable bonds is 8. The van der Waals surface area contributed by atoms with Crippen molar-refractivity contribution in [2.75, 3.05) is 19.8 Å². The van der Waals surface area contributed by atoms with E-state index < -0.39 is 13.8 Å². The quantitative estimate of drug-likeness (QED) is 0.375. The Labute approximate surface area is 98.1 Å². The van der Waals surface area contributed by atoms with Crippen LogP contribution in [-0.2, 0) is 18.6 Å². The Bertz CT molecular complexity index is 263. The third kappa shape index (κ3) is 6.89. The molecule has 0 N–H and O–H groups in total. The van der Waals surface area contributed by atoms with Gasteiger partial charge < -0.3 is 9.47 Å². The van der Waals surface area contributed by atoms with E-state index in [0.29, 0.717) is 19.8 Å². The molecule has 0 fully saturated rings. The van der Waals surface area contributed by atoms with Crippen LogP contribution in [0.3, 0.4) is 0 Å². The normalized spacial score (nSPS) is 11.9. The fraction of sp³-hybridized carbons (Fsp3) is 0.727. The molecule has 16 heavy (non-hydrogen) atoms. The second-order valence-corrected chi connectivity index (χ2v) is 4.11. The molecule has 0 saturated heterocycles. The predicted molar refractivity (Wildman–Crippen MR) is 63.5 cm³/mol. The van der Waals surface area contributed by atoms with E-state index in [2.05, 4.69) is 5.73 Å². The van der Waals surface area contributed by atoms with Crippen LogP contribution in [0.1, 0.15) is 27.7 Å². The highest BCUT2D eigenvalue weighted by atomic mass is 31.1. The molecule has 0 bridgehead atoms. The van der Waals surface area contributed by atoms with E-state index in [1.54, 1.807) is 19.9 Å². The molecule has 92 valence electrons. The molecule has 0 aromatic carbocycles. The fourth-order valence-corrected chi connectivity index (χ4v) is 1.64. The molecule has 0 heterocycles. The molecule has 0 aliphatic rings. The Morgan fingerprint density at radius 1 is 1.19 bits per heavy atom. The lowest BCUT2D eigenvalue weighted by Gasteiger charge is -2.24. The zero-order valence-electron chi connectivity index (χ0n) is 10.4. The summed E-state index contributed by atoms with van der Waals surface area (Å²) in [6, 6.07) is 0. The Kier molecular flexibility index (Phi) is 8.36. The van der Waals surface area contributed by atoms with Gasteiger partial charge in [0.25, 0.3) is 0 Å². The first-order valence-corrected chi connectivity index (χ1v) is 6.63. The highest BCUT2D eigenvalue weighted by Gasteiger charge is 2.21. The lowest BCUT2D eigenvalue weighted by molar-refractivity contribution is -0.186. The minimum Gasteiger partial charge on any atom is -0.346 e. The van der Waals surface area contributed by atoms with Crippen LogP contribution in [0.25, 0.3) is 0 Å². The van der Waals surface area contributed by atoms with Gasteiger partial charge in [0.15, 0.2) is 5.79 Å². The number of hydrogen-bond donors (Lipinski definition) is 0. The van der Waals surface area contributed by atoms with Gasteiger partial charge in [-0.15, -0.1) is 4.52 Å². The maximum atomic E-state index is 11.2. The van der Waals surface area contributed by atoms with Crippen LogP contribution in [0.4, 0.5) is 0 Å². The van der Waals surface area contributed by atoms with Gasteiger partial charge in [-0.2, -0.15) is 0 Å². The van der Waals surface area contributed by atoms with Gasteiger partial charge in [-0.1, -0.05) is 5.73 Å². The van der Waals surface area contributed by atoms with E-state index in [9.17, 15) is 4.57 Å². The topological polar surface area (TPSA) is 44.8 Å². The molecule has 1 unspecified atom stereocenters. The molecule has 0 aromatic heterocycles. The van der Waals surface area contributed by atoms with Gasteiger partial charge in [-0.05, 0) is 32.3 Å². The van der Waals surface area contributed by atoms with Crippen molar-refractivity contribution in [3.05, 3.63) is 17.6 Å². The van der Waals surface area contributed by atoms with Crippen LogP contribution in [-0.4, -0.2) is 25.6 Å². The Morgan fingerprint density at radius 2 is 1.75 bits per heavy atom. The zero-order chi connectivity index (χ0) is 12.4. The number of ether oxygens (including phenoxy) is 2. The van der Waals surface area contributed by atoms with Crippen molar-refractivity contribution in [2.45, 2.75) is 33.5 Å². The van der Waals surface area contributed by atoms with Gasteiger partial charge in [0.05, 0.1) is 0 Å². The highest BCUT2D eigenvalue weighted by Crippen LogP contribution is 2.23. The SMILES string of the molecule is CCO[P+](=O)C=C=CC(C)(OCC)OCC. The van der Waals surface area contributed by atoms with E-state index in [0.717, 1.165) is 0 Å². The summed E-state index contributed by atoms with van der Waals surface area (Å²) in [4.78, 5) is 0. The molecule has 0 spiro atoms. The van der Waals surface area contributed by atoms with Crippen molar-refractivity contribution in [3.63, 3.8) is 0 Å². The second kappa shape index (κ2) is 8.63. The minimum absolute atomic E-state index is 0.418. The lowest BCUT2D eigenvalue weighted by Crippen LogP contribution is -2.29. The zero-order valence-corrected chi connectivity index (χ0v) is 11.3. The van der Waals surface area contributed by atoms with E-state index >= 15 is 0 Å². The molecule has 0 amide bonds. The largest absolute Gasteiger partial charge is 0.549 e. The lowest BCUT2D eigenvalue weighted by atomic mass is 10.3. The smallest absolute Gasteiger partial charge is 0.346 e. The summed E-state index contributed by atoms with van der Waals surface area (Å²) in [6.45, 7) is 8.83. The van der Waals surface area contributed by atoms with E-state index in [1.807, 2.05) is 13.8 Å². The Balaban J connectivity index is 4.48.